The van der Waals surface area contributed by atoms with Crippen molar-refractivity contribution in [3.63, 3.8) is 0 Å². The van der Waals surface area contributed by atoms with Gasteiger partial charge >= 0.3 is 0 Å². The molecule has 6 heteroatoms. The quantitative estimate of drug-likeness (QED) is 0.513. The number of rotatable bonds is 3. The first-order valence-corrected chi connectivity index (χ1v) is 6.72. The van der Waals surface area contributed by atoms with E-state index in [1.807, 2.05) is 36.4 Å². The van der Waals surface area contributed by atoms with Crippen molar-refractivity contribution in [3.05, 3.63) is 66.2 Å². The fourth-order valence-electron chi connectivity index (χ4n) is 1.66. The normalized spacial score (nSPS) is 11.3. The van der Waals surface area contributed by atoms with Crippen molar-refractivity contribution in [1.29, 1.82) is 0 Å². The zero-order valence-electron chi connectivity index (χ0n) is 11.1. The van der Waals surface area contributed by atoms with Crippen molar-refractivity contribution in [2.45, 2.75) is 6.10 Å². The summed E-state index contributed by atoms with van der Waals surface area (Å²) in [6, 6.07) is 18.0. The molecule has 0 saturated heterocycles. The van der Waals surface area contributed by atoms with Crippen molar-refractivity contribution < 1.29 is 9.90 Å². The van der Waals surface area contributed by atoms with Crippen LogP contribution < -0.4 is 16.2 Å². The molecular weight excluding hydrogens is 286 g/mol. The number of para-hydroxylation sites is 1. The summed E-state index contributed by atoms with van der Waals surface area (Å²) in [5.74, 6) is -0.585. The van der Waals surface area contributed by atoms with Gasteiger partial charge in [0.1, 0.15) is 0 Å². The van der Waals surface area contributed by atoms with Gasteiger partial charge in [-0.2, -0.15) is 0 Å². The van der Waals surface area contributed by atoms with Crippen LogP contribution in [0.5, 0.6) is 0 Å². The average Bonchev–Trinajstić information content (AvgIpc) is 2.53. The lowest BCUT2D eigenvalue weighted by atomic mass is 10.1. The second-order valence-corrected chi connectivity index (χ2v) is 4.66. The summed E-state index contributed by atoms with van der Waals surface area (Å²) in [7, 11) is 0. The fraction of sp³-hybridized carbons (Fsp3) is 0.0667. The molecule has 0 aliphatic heterocycles. The Morgan fingerprint density at radius 3 is 2.14 bits per heavy atom. The molecule has 1 amide bonds. The van der Waals surface area contributed by atoms with Gasteiger partial charge in [0, 0.05) is 5.69 Å². The van der Waals surface area contributed by atoms with E-state index >= 15 is 0 Å². The van der Waals surface area contributed by atoms with Crippen molar-refractivity contribution in [1.82, 2.24) is 10.9 Å². The zero-order valence-corrected chi connectivity index (χ0v) is 11.9. The monoisotopic (exact) mass is 301 g/mol. The van der Waals surface area contributed by atoms with Gasteiger partial charge in [0.25, 0.3) is 5.91 Å². The Hall–Kier alpha value is -2.44. The van der Waals surface area contributed by atoms with E-state index in [-0.39, 0.29) is 5.11 Å². The Labute approximate surface area is 128 Å². The Morgan fingerprint density at radius 2 is 1.52 bits per heavy atom. The number of hydrazine groups is 1. The van der Waals surface area contributed by atoms with E-state index in [1.54, 1.807) is 24.3 Å². The maximum absolute atomic E-state index is 11.8. The van der Waals surface area contributed by atoms with Crippen LogP contribution in [0.25, 0.3) is 0 Å². The number of carbonyl (C=O) groups is 1. The molecule has 0 unspecified atom stereocenters. The third-order valence-corrected chi connectivity index (χ3v) is 2.90. The Balaban J connectivity index is 1.82. The van der Waals surface area contributed by atoms with Gasteiger partial charge in [-0.05, 0) is 29.9 Å². The van der Waals surface area contributed by atoms with E-state index < -0.39 is 12.0 Å². The maximum Gasteiger partial charge on any atom is 0.271 e. The molecule has 2 aromatic rings. The van der Waals surface area contributed by atoms with Crippen LogP contribution >= 0.6 is 12.2 Å². The van der Waals surface area contributed by atoms with E-state index in [1.165, 1.54) is 0 Å². The number of carbonyl (C=O) groups excluding carboxylic acids is 1. The SMILES string of the molecule is O=C(NNC(=S)Nc1ccccc1)[C@H](O)c1ccccc1. The molecule has 0 aliphatic rings. The van der Waals surface area contributed by atoms with E-state index in [0.717, 1.165) is 5.69 Å². The standard InChI is InChI=1S/C15H15N3O2S/c19-13(11-7-3-1-4-8-11)14(20)17-18-15(21)16-12-9-5-2-6-10-12/h1-10,13,19H,(H,17,20)(H2,16,18,21)/t13-/m1/s1. The molecule has 0 radical (unpaired) electrons. The highest BCUT2D eigenvalue weighted by Crippen LogP contribution is 2.11. The van der Waals surface area contributed by atoms with Gasteiger partial charge in [0.15, 0.2) is 11.2 Å². The Morgan fingerprint density at radius 1 is 0.952 bits per heavy atom. The van der Waals surface area contributed by atoms with E-state index in [0.29, 0.717) is 5.56 Å². The smallest absolute Gasteiger partial charge is 0.271 e. The first-order valence-electron chi connectivity index (χ1n) is 6.32. The number of hydrogen-bond acceptors (Lipinski definition) is 3. The fourth-order valence-corrected chi connectivity index (χ4v) is 1.83. The van der Waals surface area contributed by atoms with Crippen molar-refractivity contribution in [2.75, 3.05) is 5.32 Å². The van der Waals surface area contributed by atoms with E-state index in [9.17, 15) is 9.90 Å². The van der Waals surface area contributed by atoms with Gasteiger partial charge < -0.3 is 10.4 Å². The highest BCUT2D eigenvalue weighted by Gasteiger charge is 2.16. The van der Waals surface area contributed by atoms with Gasteiger partial charge in [0.05, 0.1) is 0 Å². The summed E-state index contributed by atoms with van der Waals surface area (Å²) in [6.07, 6.45) is -1.25. The van der Waals surface area contributed by atoms with Crippen molar-refractivity contribution in [2.24, 2.45) is 0 Å². The van der Waals surface area contributed by atoms with Crippen LogP contribution in [0.1, 0.15) is 11.7 Å². The first-order chi connectivity index (χ1) is 10.2. The van der Waals surface area contributed by atoms with Gasteiger partial charge in [-0.3, -0.25) is 15.6 Å². The van der Waals surface area contributed by atoms with Crippen LogP contribution in [0.4, 0.5) is 5.69 Å². The summed E-state index contributed by atoms with van der Waals surface area (Å²) < 4.78 is 0. The molecule has 0 aromatic heterocycles. The molecule has 2 aromatic carbocycles. The van der Waals surface area contributed by atoms with Gasteiger partial charge in [-0.15, -0.1) is 0 Å². The summed E-state index contributed by atoms with van der Waals surface area (Å²) in [6.45, 7) is 0. The third kappa shape index (κ3) is 4.55. The average molecular weight is 301 g/mol. The largest absolute Gasteiger partial charge is 0.378 e. The van der Waals surface area contributed by atoms with Crippen LogP contribution in [-0.4, -0.2) is 16.1 Å². The topological polar surface area (TPSA) is 73.4 Å². The van der Waals surface area contributed by atoms with Crippen molar-refractivity contribution in [3.8, 4) is 0 Å². The second kappa shape index (κ2) is 7.37. The summed E-state index contributed by atoms with van der Waals surface area (Å²) >= 11 is 5.04. The minimum atomic E-state index is -1.25. The van der Waals surface area contributed by atoms with E-state index in [4.69, 9.17) is 12.2 Å². The molecule has 108 valence electrons. The minimum Gasteiger partial charge on any atom is -0.378 e. The summed E-state index contributed by atoms with van der Waals surface area (Å²) in [5.41, 5.74) is 6.21. The summed E-state index contributed by atoms with van der Waals surface area (Å²) in [5, 5.41) is 13.0. The number of anilines is 1. The molecule has 0 saturated carbocycles. The van der Waals surface area contributed by atoms with Crippen LogP contribution in [0.3, 0.4) is 0 Å². The summed E-state index contributed by atoms with van der Waals surface area (Å²) in [4.78, 5) is 11.8. The molecule has 4 N–H and O–H groups in total. The lowest BCUT2D eigenvalue weighted by molar-refractivity contribution is -0.130. The predicted octanol–water partition coefficient (Wildman–Crippen LogP) is 1.74. The molecule has 5 nitrogen and oxygen atoms in total. The molecule has 0 heterocycles. The number of hydrogen-bond donors (Lipinski definition) is 4. The van der Waals surface area contributed by atoms with Crippen molar-refractivity contribution >= 4 is 28.9 Å². The van der Waals surface area contributed by atoms with E-state index in [2.05, 4.69) is 16.2 Å². The lowest BCUT2D eigenvalue weighted by Gasteiger charge is -2.14. The molecule has 0 fully saturated rings. The lowest BCUT2D eigenvalue weighted by Crippen LogP contribution is -2.45. The van der Waals surface area contributed by atoms with Gasteiger partial charge in [0.2, 0.25) is 0 Å². The molecule has 0 spiro atoms. The van der Waals surface area contributed by atoms with Crippen LogP contribution in [0, 0.1) is 0 Å². The van der Waals surface area contributed by atoms with Gasteiger partial charge in [-0.25, -0.2) is 0 Å². The predicted molar refractivity (Wildman–Crippen MR) is 85.3 cm³/mol. The molecule has 21 heavy (non-hydrogen) atoms. The third-order valence-electron chi connectivity index (χ3n) is 2.69. The number of nitrogens with one attached hydrogen (secondary N) is 3. The van der Waals surface area contributed by atoms with Crippen LogP contribution in [-0.2, 0) is 4.79 Å². The van der Waals surface area contributed by atoms with Crippen LogP contribution in [0.2, 0.25) is 0 Å². The first kappa shape index (κ1) is 15.0. The molecule has 0 aliphatic carbocycles. The molecule has 1 atom stereocenters. The number of aliphatic hydroxyl groups excluding tert-OH is 1. The highest BCUT2D eigenvalue weighted by molar-refractivity contribution is 7.80. The zero-order chi connectivity index (χ0) is 15.1. The Kier molecular flexibility index (Phi) is 5.25. The number of amides is 1. The molecule has 2 rings (SSSR count). The molecular formula is C15H15N3O2S. The van der Waals surface area contributed by atoms with Crippen LogP contribution in [0.15, 0.2) is 60.7 Å². The Bertz CT molecular complexity index is 605. The second-order valence-electron chi connectivity index (χ2n) is 4.25. The number of aliphatic hydroxyl groups is 1. The highest BCUT2D eigenvalue weighted by atomic mass is 32.1. The minimum absolute atomic E-state index is 0.231. The molecule has 0 bridgehead atoms. The van der Waals surface area contributed by atoms with Gasteiger partial charge in [-0.1, -0.05) is 48.5 Å². The maximum atomic E-state index is 11.8. The number of thiocarbonyl (C=S) groups is 1. The number of benzene rings is 2.